The van der Waals surface area contributed by atoms with Crippen molar-refractivity contribution in [1.82, 2.24) is 5.32 Å². The molecule has 0 amide bonds. The van der Waals surface area contributed by atoms with Crippen molar-refractivity contribution < 1.29 is 0 Å². The van der Waals surface area contributed by atoms with Gasteiger partial charge in [-0.3, -0.25) is 0 Å². The van der Waals surface area contributed by atoms with Crippen LogP contribution in [0.25, 0.3) is 0 Å². The second-order valence-electron chi connectivity index (χ2n) is 7.20. The second-order valence-corrected chi connectivity index (χ2v) is 7.20. The predicted molar refractivity (Wildman–Crippen MR) is 80.7 cm³/mol. The zero-order valence-electron chi connectivity index (χ0n) is 13.0. The van der Waals surface area contributed by atoms with E-state index in [-0.39, 0.29) is 0 Å². The first-order chi connectivity index (χ1) is 8.43. The van der Waals surface area contributed by atoms with Gasteiger partial charge in [0.2, 0.25) is 0 Å². The van der Waals surface area contributed by atoms with E-state index in [9.17, 15) is 0 Å². The van der Waals surface area contributed by atoms with E-state index >= 15 is 0 Å². The first kappa shape index (κ1) is 16.0. The maximum atomic E-state index is 5.74. The zero-order chi connectivity index (χ0) is 13.6. The molecule has 1 aliphatic rings. The Morgan fingerprint density at radius 1 is 1.22 bits per heavy atom. The maximum absolute atomic E-state index is 5.74. The number of hydrogen-bond acceptors (Lipinski definition) is 2. The summed E-state index contributed by atoms with van der Waals surface area (Å²) >= 11 is 0. The number of rotatable bonds is 8. The van der Waals surface area contributed by atoms with E-state index in [2.05, 4.69) is 33.0 Å². The van der Waals surface area contributed by atoms with Crippen LogP contribution in [-0.2, 0) is 0 Å². The minimum absolute atomic E-state index is 0.401. The molecular formula is C16H34N2. The Morgan fingerprint density at radius 3 is 2.28 bits per heavy atom. The zero-order valence-corrected chi connectivity index (χ0v) is 13.0. The average Bonchev–Trinajstić information content (AvgIpc) is 2.24. The Morgan fingerprint density at radius 2 is 1.89 bits per heavy atom. The summed E-state index contributed by atoms with van der Waals surface area (Å²) in [5.74, 6) is 0.767. The third-order valence-corrected chi connectivity index (χ3v) is 4.96. The van der Waals surface area contributed by atoms with Crippen LogP contribution in [-0.4, -0.2) is 18.6 Å². The molecule has 0 saturated heterocycles. The van der Waals surface area contributed by atoms with Crippen molar-refractivity contribution >= 4 is 0 Å². The molecule has 0 aromatic rings. The lowest BCUT2D eigenvalue weighted by molar-refractivity contribution is 0.168. The highest BCUT2D eigenvalue weighted by atomic mass is 15.0. The molecule has 0 aromatic heterocycles. The Bertz CT molecular complexity index is 220. The summed E-state index contributed by atoms with van der Waals surface area (Å²) in [5, 5.41) is 3.80. The van der Waals surface area contributed by atoms with Gasteiger partial charge in [0, 0.05) is 5.54 Å². The Kier molecular flexibility index (Phi) is 6.13. The lowest BCUT2D eigenvalue weighted by Crippen LogP contribution is -2.50. The fourth-order valence-corrected chi connectivity index (χ4v) is 3.17. The van der Waals surface area contributed by atoms with Gasteiger partial charge in [-0.1, -0.05) is 27.7 Å². The molecule has 1 rings (SSSR count). The normalized spacial score (nSPS) is 20.5. The molecule has 0 radical (unpaired) electrons. The van der Waals surface area contributed by atoms with Crippen LogP contribution in [0.2, 0.25) is 0 Å². The second kappa shape index (κ2) is 6.91. The summed E-state index contributed by atoms with van der Waals surface area (Å²) in [6.07, 6.45) is 9.25. The molecule has 1 atom stereocenters. The molecule has 0 aliphatic heterocycles. The van der Waals surface area contributed by atoms with Gasteiger partial charge in [0.1, 0.15) is 0 Å². The minimum atomic E-state index is 0.401. The summed E-state index contributed by atoms with van der Waals surface area (Å²) in [6, 6.07) is 0. The van der Waals surface area contributed by atoms with Gasteiger partial charge in [0.05, 0.1) is 0 Å². The Hall–Kier alpha value is -0.0800. The van der Waals surface area contributed by atoms with Gasteiger partial charge in [-0.15, -0.1) is 0 Å². The van der Waals surface area contributed by atoms with E-state index in [1.807, 2.05) is 0 Å². The molecule has 1 aliphatic carbocycles. The fourth-order valence-electron chi connectivity index (χ4n) is 3.17. The molecule has 1 saturated carbocycles. The minimum Gasteiger partial charge on any atom is -0.330 e. The molecule has 0 aromatic carbocycles. The maximum Gasteiger partial charge on any atom is 0.0178 e. The average molecular weight is 254 g/mol. The van der Waals surface area contributed by atoms with Crippen molar-refractivity contribution in [2.24, 2.45) is 17.1 Å². The number of nitrogens with one attached hydrogen (secondary N) is 1. The molecule has 0 bridgehead atoms. The van der Waals surface area contributed by atoms with E-state index in [1.165, 1.54) is 51.5 Å². The van der Waals surface area contributed by atoms with Crippen LogP contribution in [0.15, 0.2) is 0 Å². The van der Waals surface area contributed by atoms with Crippen LogP contribution in [0.3, 0.4) is 0 Å². The topological polar surface area (TPSA) is 38.0 Å². The van der Waals surface area contributed by atoms with Crippen LogP contribution >= 0.6 is 0 Å². The monoisotopic (exact) mass is 254 g/mol. The van der Waals surface area contributed by atoms with Crippen molar-refractivity contribution in [2.75, 3.05) is 13.1 Å². The summed E-state index contributed by atoms with van der Waals surface area (Å²) in [4.78, 5) is 0. The molecule has 2 nitrogen and oxygen atoms in total. The SMILES string of the molecule is CCC1(NCCCC(CCN)C(C)(C)C)CCC1. The first-order valence-electron chi connectivity index (χ1n) is 7.88. The lowest BCUT2D eigenvalue weighted by atomic mass is 9.74. The van der Waals surface area contributed by atoms with Crippen molar-refractivity contribution in [2.45, 2.75) is 78.2 Å². The summed E-state index contributed by atoms with van der Waals surface area (Å²) < 4.78 is 0. The van der Waals surface area contributed by atoms with Crippen molar-refractivity contribution in [1.29, 1.82) is 0 Å². The van der Waals surface area contributed by atoms with Crippen LogP contribution in [0, 0.1) is 11.3 Å². The highest BCUT2D eigenvalue weighted by Gasteiger charge is 2.34. The lowest BCUT2D eigenvalue weighted by Gasteiger charge is -2.42. The highest BCUT2D eigenvalue weighted by molar-refractivity contribution is 4.94. The predicted octanol–water partition coefficient (Wildman–Crippen LogP) is 3.70. The standard InChI is InChI=1S/C16H34N2/c1-5-16(10-7-11-16)18-13-6-8-14(9-12-17)15(2,3)4/h14,18H,5-13,17H2,1-4H3. The molecule has 1 unspecified atom stereocenters. The molecule has 0 spiro atoms. The summed E-state index contributed by atoms with van der Waals surface area (Å²) in [6.45, 7) is 11.4. The van der Waals surface area contributed by atoms with Gasteiger partial charge in [-0.25, -0.2) is 0 Å². The third-order valence-electron chi connectivity index (χ3n) is 4.96. The van der Waals surface area contributed by atoms with Gasteiger partial charge in [0.15, 0.2) is 0 Å². The Labute approximate surface area is 114 Å². The number of hydrogen-bond donors (Lipinski definition) is 2. The first-order valence-corrected chi connectivity index (χ1v) is 7.88. The molecule has 2 heteroatoms. The van der Waals surface area contributed by atoms with Crippen LogP contribution in [0.4, 0.5) is 0 Å². The molecule has 1 fully saturated rings. The van der Waals surface area contributed by atoms with E-state index in [4.69, 9.17) is 5.73 Å². The van der Waals surface area contributed by atoms with Crippen molar-refractivity contribution in [3.63, 3.8) is 0 Å². The summed E-state index contributed by atoms with van der Waals surface area (Å²) in [5.41, 5.74) is 6.64. The van der Waals surface area contributed by atoms with E-state index in [0.717, 1.165) is 12.5 Å². The van der Waals surface area contributed by atoms with Gasteiger partial charge in [-0.2, -0.15) is 0 Å². The molecule has 0 heterocycles. The van der Waals surface area contributed by atoms with Gasteiger partial charge >= 0.3 is 0 Å². The van der Waals surface area contributed by atoms with Crippen molar-refractivity contribution in [3.8, 4) is 0 Å². The van der Waals surface area contributed by atoms with Crippen molar-refractivity contribution in [3.05, 3.63) is 0 Å². The highest BCUT2D eigenvalue weighted by Crippen LogP contribution is 2.35. The van der Waals surface area contributed by atoms with Crippen LogP contribution in [0.5, 0.6) is 0 Å². The van der Waals surface area contributed by atoms with E-state index < -0.39 is 0 Å². The van der Waals surface area contributed by atoms with Gasteiger partial charge in [-0.05, 0) is 69.4 Å². The van der Waals surface area contributed by atoms with Gasteiger partial charge in [0.25, 0.3) is 0 Å². The largest absolute Gasteiger partial charge is 0.330 e. The molecule has 3 N–H and O–H groups in total. The van der Waals surface area contributed by atoms with Gasteiger partial charge < -0.3 is 11.1 Å². The molecular weight excluding hydrogens is 220 g/mol. The molecule has 18 heavy (non-hydrogen) atoms. The smallest absolute Gasteiger partial charge is 0.0178 e. The Balaban J connectivity index is 2.22. The van der Waals surface area contributed by atoms with E-state index in [0.29, 0.717) is 11.0 Å². The fraction of sp³-hybridized carbons (Fsp3) is 1.00. The van der Waals surface area contributed by atoms with Crippen LogP contribution < -0.4 is 11.1 Å². The van der Waals surface area contributed by atoms with Crippen LogP contribution in [0.1, 0.15) is 72.6 Å². The van der Waals surface area contributed by atoms with E-state index in [1.54, 1.807) is 0 Å². The molecule has 108 valence electrons. The number of nitrogens with two attached hydrogens (primary N) is 1. The summed E-state index contributed by atoms with van der Waals surface area (Å²) in [7, 11) is 0. The quantitative estimate of drug-likeness (QED) is 0.648. The third kappa shape index (κ3) is 4.55.